The van der Waals surface area contributed by atoms with Gasteiger partial charge in [-0.1, -0.05) is 84.4 Å². The molecule has 1 aromatic heterocycles. The number of nitrogens with zero attached hydrogens (tertiary/aromatic N) is 3. The van der Waals surface area contributed by atoms with Crippen LogP contribution in [-0.2, 0) is 11.2 Å². The Bertz CT molecular complexity index is 1560. The molecule has 0 fully saturated rings. The average molecular weight is 502 g/mol. The Kier molecular flexibility index (Phi) is 6.40. The number of ether oxygens (including phenoxy) is 1. The Labute approximate surface area is 220 Å². The first-order valence-electron chi connectivity index (χ1n) is 12.7. The zero-order valence-electron chi connectivity index (χ0n) is 21.0. The topological polar surface area (TPSA) is 92.8 Å². The first-order valence-corrected chi connectivity index (χ1v) is 12.7. The highest BCUT2D eigenvalue weighted by Crippen LogP contribution is 2.46. The fraction of sp³-hybridized carbons (Fsp3) is 0.161. The molecule has 0 aliphatic carbocycles. The predicted molar refractivity (Wildman–Crippen MR) is 147 cm³/mol. The molecule has 0 radical (unpaired) electrons. The van der Waals surface area contributed by atoms with Gasteiger partial charge >= 0.3 is 0 Å². The number of aromatic nitrogens is 4. The van der Waals surface area contributed by atoms with E-state index in [4.69, 9.17) is 4.74 Å². The number of H-pyrrole nitrogens is 1. The number of aryl methyl sites for hydroxylation is 1. The third kappa shape index (κ3) is 4.78. The molecule has 2 N–H and O–H groups in total. The number of carbonyl (C=O) groups is 1. The van der Waals surface area contributed by atoms with Gasteiger partial charge in [0.05, 0.1) is 18.7 Å². The third-order valence-electron chi connectivity index (χ3n) is 6.93. The highest BCUT2D eigenvalue weighted by Gasteiger charge is 2.27. The fourth-order valence-corrected chi connectivity index (χ4v) is 5.08. The van der Waals surface area contributed by atoms with Gasteiger partial charge in [0, 0.05) is 17.0 Å². The van der Waals surface area contributed by atoms with Crippen LogP contribution in [0.15, 0.2) is 91.0 Å². The lowest BCUT2D eigenvalue weighted by Crippen LogP contribution is -2.20. The van der Waals surface area contributed by atoms with Gasteiger partial charge in [0.2, 0.25) is 11.7 Å². The summed E-state index contributed by atoms with van der Waals surface area (Å²) < 4.78 is 6.21. The van der Waals surface area contributed by atoms with Crippen LogP contribution in [0.2, 0.25) is 0 Å². The van der Waals surface area contributed by atoms with Crippen molar-refractivity contribution in [3.05, 3.63) is 113 Å². The highest BCUT2D eigenvalue weighted by molar-refractivity contribution is 5.96. The normalized spacial score (nSPS) is 14.4. The van der Waals surface area contributed by atoms with Gasteiger partial charge in [-0.3, -0.25) is 4.79 Å². The van der Waals surface area contributed by atoms with Crippen LogP contribution in [0.25, 0.3) is 22.5 Å². The molecule has 7 heteroatoms. The predicted octanol–water partition coefficient (Wildman–Crippen LogP) is 5.94. The Balaban J connectivity index is 1.45. The SMILES string of the molecule is Cc1ccc(CC(=O)Nc2cc(-c3ccccc3-c3nn[nH]n3)cc3c2OCCC3c2ccccc2)cc1. The minimum absolute atomic E-state index is 0.0925. The molecule has 0 spiro atoms. The summed E-state index contributed by atoms with van der Waals surface area (Å²) in [4.78, 5) is 13.2. The number of nitrogens with one attached hydrogen (secondary N) is 2. The first kappa shape index (κ1) is 23.6. The molecule has 1 amide bonds. The van der Waals surface area contributed by atoms with Crippen LogP contribution in [0.4, 0.5) is 5.69 Å². The average Bonchev–Trinajstić information content (AvgIpc) is 3.49. The molecule has 1 aliphatic heterocycles. The summed E-state index contributed by atoms with van der Waals surface area (Å²) in [6, 6.07) is 30.6. The zero-order chi connectivity index (χ0) is 25.9. The number of hydrogen-bond acceptors (Lipinski definition) is 5. The Hall–Kier alpha value is -4.78. The zero-order valence-corrected chi connectivity index (χ0v) is 21.0. The standard InChI is InChI=1S/C31H27N5O2/c1-20-11-13-21(14-12-20)17-29(37)32-28-19-23(24-9-5-6-10-26(24)31-33-35-36-34-31)18-27-25(15-16-38-30(27)28)22-7-3-2-4-8-22/h2-14,18-19,25H,15-17H2,1H3,(H,32,37)(H,33,34,35,36). The van der Waals surface area contributed by atoms with E-state index in [9.17, 15) is 4.79 Å². The van der Waals surface area contributed by atoms with Gasteiger partial charge in [0.15, 0.2) is 0 Å². The molecular weight excluding hydrogens is 474 g/mol. The van der Waals surface area contributed by atoms with Crippen molar-refractivity contribution in [1.82, 2.24) is 20.6 Å². The van der Waals surface area contributed by atoms with Crippen LogP contribution in [0.5, 0.6) is 5.75 Å². The van der Waals surface area contributed by atoms with Crippen LogP contribution < -0.4 is 10.1 Å². The van der Waals surface area contributed by atoms with E-state index in [1.165, 1.54) is 5.56 Å². The number of rotatable bonds is 6. The molecule has 6 rings (SSSR count). The molecule has 7 nitrogen and oxygen atoms in total. The van der Waals surface area contributed by atoms with Gasteiger partial charge in [-0.05, 0) is 52.9 Å². The molecule has 188 valence electrons. The number of anilines is 1. The second-order valence-electron chi connectivity index (χ2n) is 9.53. The minimum Gasteiger partial charge on any atom is -0.491 e. The quantitative estimate of drug-likeness (QED) is 0.300. The molecule has 5 aromatic rings. The number of amides is 1. The molecule has 38 heavy (non-hydrogen) atoms. The second kappa shape index (κ2) is 10.3. The highest BCUT2D eigenvalue weighted by atomic mass is 16.5. The molecule has 1 aliphatic rings. The summed E-state index contributed by atoms with van der Waals surface area (Å²) in [7, 11) is 0. The molecule has 0 saturated carbocycles. The van der Waals surface area contributed by atoms with Crippen molar-refractivity contribution in [2.45, 2.75) is 25.7 Å². The number of aromatic amines is 1. The van der Waals surface area contributed by atoms with Crippen LogP contribution in [0, 0.1) is 6.92 Å². The van der Waals surface area contributed by atoms with E-state index in [2.05, 4.69) is 56.3 Å². The van der Waals surface area contributed by atoms with Crippen LogP contribution in [0.1, 0.15) is 34.6 Å². The molecule has 1 unspecified atom stereocenters. The number of tetrazole rings is 1. The van der Waals surface area contributed by atoms with Gasteiger partial charge in [-0.2, -0.15) is 5.21 Å². The van der Waals surface area contributed by atoms with Gasteiger partial charge in [-0.25, -0.2) is 0 Å². The smallest absolute Gasteiger partial charge is 0.228 e. The van der Waals surface area contributed by atoms with Crippen molar-refractivity contribution >= 4 is 11.6 Å². The van der Waals surface area contributed by atoms with Crippen molar-refractivity contribution in [2.75, 3.05) is 11.9 Å². The monoisotopic (exact) mass is 501 g/mol. The van der Waals surface area contributed by atoms with E-state index in [0.717, 1.165) is 45.6 Å². The summed E-state index contributed by atoms with van der Waals surface area (Å²) in [5.41, 5.74) is 7.81. The van der Waals surface area contributed by atoms with Gasteiger partial charge < -0.3 is 10.1 Å². The van der Waals surface area contributed by atoms with Gasteiger partial charge in [0.1, 0.15) is 5.75 Å². The summed E-state index contributed by atoms with van der Waals surface area (Å²) in [5.74, 6) is 1.29. The maximum atomic E-state index is 13.2. The van der Waals surface area contributed by atoms with Crippen LogP contribution >= 0.6 is 0 Å². The van der Waals surface area contributed by atoms with Crippen molar-refractivity contribution in [3.8, 4) is 28.3 Å². The molecule has 1 atom stereocenters. The lowest BCUT2D eigenvalue weighted by Gasteiger charge is -2.29. The van der Waals surface area contributed by atoms with Gasteiger partial charge in [-0.15, -0.1) is 10.2 Å². The Morgan fingerprint density at radius 2 is 1.74 bits per heavy atom. The number of benzene rings is 4. The van der Waals surface area contributed by atoms with E-state index < -0.39 is 0 Å². The number of fused-ring (bicyclic) bond motifs is 1. The molecular formula is C31H27N5O2. The largest absolute Gasteiger partial charge is 0.491 e. The third-order valence-corrected chi connectivity index (χ3v) is 6.93. The summed E-state index contributed by atoms with van der Waals surface area (Å²) in [5, 5.41) is 17.9. The van der Waals surface area contributed by atoms with E-state index in [-0.39, 0.29) is 18.2 Å². The molecule has 0 bridgehead atoms. The van der Waals surface area contributed by atoms with Gasteiger partial charge in [0.25, 0.3) is 0 Å². The van der Waals surface area contributed by atoms with Crippen molar-refractivity contribution in [2.24, 2.45) is 0 Å². The van der Waals surface area contributed by atoms with Crippen molar-refractivity contribution in [3.63, 3.8) is 0 Å². The maximum Gasteiger partial charge on any atom is 0.228 e. The lowest BCUT2D eigenvalue weighted by atomic mass is 9.84. The van der Waals surface area contributed by atoms with E-state index >= 15 is 0 Å². The summed E-state index contributed by atoms with van der Waals surface area (Å²) in [6.45, 7) is 2.61. The number of hydrogen-bond donors (Lipinski definition) is 2. The number of carbonyl (C=O) groups excluding carboxylic acids is 1. The minimum atomic E-state index is -0.0925. The Morgan fingerprint density at radius 1 is 0.974 bits per heavy atom. The molecule has 4 aromatic carbocycles. The summed E-state index contributed by atoms with van der Waals surface area (Å²) >= 11 is 0. The van der Waals surface area contributed by atoms with Crippen molar-refractivity contribution < 1.29 is 9.53 Å². The lowest BCUT2D eigenvalue weighted by molar-refractivity contribution is -0.115. The maximum absolute atomic E-state index is 13.2. The van der Waals surface area contributed by atoms with Crippen molar-refractivity contribution in [1.29, 1.82) is 0 Å². The van der Waals surface area contributed by atoms with Crippen LogP contribution in [0.3, 0.4) is 0 Å². The van der Waals surface area contributed by atoms with E-state index in [1.807, 2.05) is 67.6 Å². The van der Waals surface area contributed by atoms with Crippen LogP contribution in [-0.4, -0.2) is 33.1 Å². The first-order chi connectivity index (χ1) is 18.7. The molecule has 2 heterocycles. The van der Waals surface area contributed by atoms with E-state index in [0.29, 0.717) is 18.1 Å². The Morgan fingerprint density at radius 3 is 2.50 bits per heavy atom. The molecule has 0 saturated heterocycles. The second-order valence-corrected chi connectivity index (χ2v) is 9.53. The summed E-state index contributed by atoms with van der Waals surface area (Å²) in [6.07, 6.45) is 1.13. The fourth-order valence-electron chi connectivity index (χ4n) is 5.08. The van der Waals surface area contributed by atoms with E-state index in [1.54, 1.807) is 0 Å².